The van der Waals surface area contributed by atoms with E-state index in [0.29, 0.717) is 12.0 Å². The number of alkyl halides is 3. The number of hydrogen-bond donors (Lipinski definition) is 1. The van der Waals surface area contributed by atoms with E-state index in [9.17, 15) is 17.6 Å². The largest absolute Gasteiger partial charge is 0.393 e. The van der Waals surface area contributed by atoms with Gasteiger partial charge < -0.3 is 5.32 Å². The lowest BCUT2D eigenvalue weighted by atomic mass is 9.90. The van der Waals surface area contributed by atoms with Crippen LogP contribution >= 0.6 is 0 Å². The van der Waals surface area contributed by atoms with Gasteiger partial charge in [-0.3, -0.25) is 0 Å². The molecule has 1 fully saturated rings. The van der Waals surface area contributed by atoms with Crippen molar-refractivity contribution in [2.75, 3.05) is 6.54 Å². The second-order valence-electron chi connectivity index (χ2n) is 4.30. The maximum Gasteiger partial charge on any atom is 0.393 e. The third kappa shape index (κ3) is 2.77. The molecule has 5 heteroatoms. The molecule has 94 valence electrons. The van der Waals surface area contributed by atoms with Gasteiger partial charge in [0.2, 0.25) is 0 Å². The SMILES string of the molecule is Fc1ccccc1C1CCC(C(F)(F)F)CN1. The third-order valence-corrected chi connectivity index (χ3v) is 3.16. The molecule has 1 aliphatic rings. The fourth-order valence-corrected chi connectivity index (χ4v) is 2.16. The van der Waals surface area contributed by atoms with E-state index in [1.54, 1.807) is 18.2 Å². The molecule has 0 amide bonds. The van der Waals surface area contributed by atoms with Crippen LogP contribution in [0.5, 0.6) is 0 Å². The van der Waals surface area contributed by atoms with E-state index in [2.05, 4.69) is 5.32 Å². The summed E-state index contributed by atoms with van der Waals surface area (Å²) >= 11 is 0. The summed E-state index contributed by atoms with van der Waals surface area (Å²) in [4.78, 5) is 0. The van der Waals surface area contributed by atoms with Crippen molar-refractivity contribution in [2.45, 2.75) is 25.1 Å². The van der Waals surface area contributed by atoms with Crippen molar-refractivity contribution in [3.63, 3.8) is 0 Å². The summed E-state index contributed by atoms with van der Waals surface area (Å²) in [6.07, 6.45) is -3.80. The van der Waals surface area contributed by atoms with Gasteiger partial charge in [0.05, 0.1) is 5.92 Å². The molecule has 1 nitrogen and oxygen atoms in total. The number of halogens is 4. The number of nitrogens with one attached hydrogen (secondary N) is 1. The predicted octanol–water partition coefficient (Wildman–Crippen LogP) is 3.43. The zero-order chi connectivity index (χ0) is 12.5. The molecule has 0 bridgehead atoms. The van der Waals surface area contributed by atoms with Crippen LogP contribution in [0.25, 0.3) is 0 Å². The highest BCUT2D eigenvalue weighted by Gasteiger charge is 2.41. The minimum absolute atomic E-state index is 0.0511. The summed E-state index contributed by atoms with van der Waals surface area (Å²) in [6, 6.07) is 5.89. The van der Waals surface area contributed by atoms with E-state index < -0.39 is 12.1 Å². The van der Waals surface area contributed by atoms with Crippen LogP contribution in [0.15, 0.2) is 24.3 Å². The summed E-state index contributed by atoms with van der Waals surface area (Å²) in [5.41, 5.74) is 0.452. The molecule has 1 N–H and O–H groups in total. The highest BCUT2D eigenvalue weighted by atomic mass is 19.4. The molecule has 2 unspecified atom stereocenters. The van der Waals surface area contributed by atoms with Crippen molar-refractivity contribution in [3.8, 4) is 0 Å². The molecular weight excluding hydrogens is 234 g/mol. The first-order valence-corrected chi connectivity index (χ1v) is 5.53. The highest BCUT2D eigenvalue weighted by Crippen LogP contribution is 2.35. The molecular formula is C12H13F4N. The first kappa shape index (κ1) is 12.4. The van der Waals surface area contributed by atoms with Crippen LogP contribution in [0.2, 0.25) is 0 Å². The van der Waals surface area contributed by atoms with E-state index in [1.165, 1.54) is 6.07 Å². The average molecular weight is 247 g/mol. The van der Waals surface area contributed by atoms with Crippen LogP contribution in [0, 0.1) is 11.7 Å². The molecule has 0 radical (unpaired) electrons. The van der Waals surface area contributed by atoms with E-state index in [1.807, 2.05) is 0 Å². The van der Waals surface area contributed by atoms with Gasteiger partial charge in [0.15, 0.2) is 0 Å². The van der Waals surface area contributed by atoms with Gasteiger partial charge in [-0.15, -0.1) is 0 Å². The molecule has 0 saturated carbocycles. The minimum atomic E-state index is -4.16. The van der Waals surface area contributed by atoms with Crippen LogP contribution in [-0.2, 0) is 0 Å². The topological polar surface area (TPSA) is 12.0 Å². The normalized spacial score (nSPS) is 25.9. The highest BCUT2D eigenvalue weighted by molar-refractivity contribution is 5.21. The Morgan fingerprint density at radius 1 is 1.12 bits per heavy atom. The second-order valence-corrected chi connectivity index (χ2v) is 4.30. The monoisotopic (exact) mass is 247 g/mol. The molecule has 2 atom stereocenters. The van der Waals surface area contributed by atoms with Gasteiger partial charge in [-0.25, -0.2) is 4.39 Å². The molecule has 1 saturated heterocycles. The van der Waals surface area contributed by atoms with E-state index >= 15 is 0 Å². The van der Waals surface area contributed by atoms with Gasteiger partial charge >= 0.3 is 6.18 Å². The summed E-state index contributed by atoms with van der Waals surface area (Å²) < 4.78 is 50.8. The molecule has 1 aromatic carbocycles. The molecule has 0 spiro atoms. The van der Waals surface area contributed by atoms with Crippen molar-refractivity contribution >= 4 is 0 Å². The van der Waals surface area contributed by atoms with Crippen LogP contribution in [-0.4, -0.2) is 12.7 Å². The molecule has 2 rings (SSSR count). The Hall–Kier alpha value is -1.10. The number of hydrogen-bond acceptors (Lipinski definition) is 1. The smallest absolute Gasteiger partial charge is 0.309 e. The molecule has 1 aromatic rings. The van der Waals surface area contributed by atoms with Crippen molar-refractivity contribution in [1.82, 2.24) is 5.32 Å². The standard InChI is InChI=1S/C12H13F4N/c13-10-4-2-1-3-9(10)11-6-5-8(7-17-11)12(14,15)16/h1-4,8,11,17H,5-7H2. The van der Waals surface area contributed by atoms with Crippen molar-refractivity contribution in [1.29, 1.82) is 0 Å². The lowest BCUT2D eigenvalue weighted by molar-refractivity contribution is -0.179. The zero-order valence-electron chi connectivity index (χ0n) is 9.10. The van der Waals surface area contributed by atoms with Crippen molar-refractivity contribution in [3.05, 3.63) is 35.6 Å². The summed E-state index contributed by atoms with van der Waals surface area (Å²) in [5.74, 6) is -1.68. The fourth-order valence-electron chi connectivity index (χ4n) is 2.16. The van der Waals surface area contributed by atoms with Crippen LogP contribution in [0.3, 0.4) is 0 Å². The maximum atomic E-state index is 13.4. The molecule has 1 aliphatic heterocycles. The van der Waals surface area contributed by atoms with Crippen LogP contribution in [0.4, 0.5) is 17.6 Å². The summed E-state index contributed by atoms with van der Waals surface area (Å²) in [6.45, 7) is -0.136. The van der Waals surface area contributed by atoms with Gasteiger partial charge in [-0.05, 0) is 18.9 Å². The average Bonchev–Trinajstić information content (AvgIpc) is 2.29. The van der Waals surface area contributed by atoms with Crippen molar-refractivity contribution in [2.24, 2.45) is 5.92 Å². The number of benzene rings is 1. The first-order valence-electron chi connectivity index (χ1n) is 5.53. The zero-order valence-corrected chi connectivity index (χ0v) is 9.10. The quantitative estimate of drug-likeness (QED) is 0.750. The molecule has 0 aromatic heterocycles. The van der Waals surface area contributed by atoms with Gasteiger partial charge in [0, 0.05) is 18.2 Å². The van der Waals surface area contributed by atoms with Gasteiger partial charge in [-0.2, -0.15) is 13.2 Å². The number of piperidine rings is 1. The third-order valence-electron chi connectivity index (χ3n) is 3.16. The first-order chi connectivity index (χ1) is 7.98. The summed E-state index contributed by atoms with van der Waals surface area (Å²) in [7, 11) is 0. The van der Waals surface area contributed by atoms with E-state index in [-0.39, 0.29) is 24.8 Å². The Morgan fingerprint density at radius 3 is 2.35 bits per heavy atom. The van der Waals surface area contributed by atoms with E-state index in [4.69, 9.17) is 0 Å². The van der Waals surface area contributed by atoms with Crippen molar-refractivity contribution < 1.29 is 17.6 Å². The van der Waals surface area contributed by atoms with Gasteiger partial charge in [0.25, 0.3) is 0 Å². The Bertz CT molecular complexity index is 380. The van der Waals surface area contributed by atoms with E-state index in [0.717, 1.165) is 0 Å². The lowest BCUT2D eigenvalue weighted by Gasteiger charge is -2.31. The maximum absolute atomic E-state index is 13.4. The Morgan fingerprint density at radius 2 is 1.82 bits per heavy atom. The predicted molar refractivity (Wildman–Crippen MR) is 55.9 cm³/mol. The van der Waals surface area contributed by atoms with Gasteiger partial charge in [0.1, 0.15) is 5.82 Å². The molecule has 0 aliphatic carbocycles. The number of rotatable bonds is 1. The molecule has 1 heterocycles. The molecule has 17 heavy (non-hydrogen) atoms. The second kappa shape index (κ2) is 4.64. The fraction of sp³-hybridized carbons (Fsp3) is 0.500. The minimum Gasteiger partial charge on any atom is -0.309 e. The summed E-state index contributed by atoms with van der Waals surface area (Å²) in [5, 5.41) is 2.77. The Balaban J connectivity index is 2.03. The lowest BCUT2D eigenvalue weighted by Crippen LogP contribution is -2.40. The van der Waals surface area contributed by atoms with Crippen LogP contribution < -0.4 is 5.32 Å². The Labute approximate surface area is 96.8 Å². The Kier molecular flexibility index (Phi) is 3.38. The van der Waals surface area contributed by atoms with Crippen LogP contribution in [0.1, 0.15) is 24.4 Å². The van der Waals surface area contributed by atoms with Gasteiger partial charge in [-0.1, -0.05) is 18.2 Å².